The smallest absolute Gasteiger partial charge is 0.243 e. The molecule has 1 heterocycles. The number of hydrogen-bond acceptors (Lipinski definition) is 4. The lowest BCUT2D eigenvalue weighted by atomic mass is 10.0. The van der Waals surface area contributed by atoms with Gasteiger partial charge in [-0.2, -0.15) is 0 Å². The third kappa shape index (κ3) is 2.29. The van der Waals surface area contributed by atoms with E-state index in [9.17, 15) is 10.0 Å². The van der Waals surface area contributed by atoms with Crippen molar-refractivity contribution in [3.63, 3.8) is 0 Å². The number of methoxy groups -OCH3 is 1. The van der Waals surface area contributed by atoms with Gasteiger partial charge >= 0.3 is 0 Å². The van der Waals surface area contributed by atoms with Crippen molar-refractivity contribution in [1.82, 2.24) is 5.06 Å². The summed E-state index contributed by atoms with van der Waals surface area (Å²) >= 11 is 0. The standard InChI is InChI=1S/C14H17NO4/c1-8(15(17)10(3)16)14-9(2)19-13-6-5-11(18-4)7-12(13)14/h5-8,17H,1-4H3/t8-/m1/s1. The molecule has 102 valence electrons. The monoisotopic (exact) mass is 263 g/mol. The quantitative estimate of drug-likeness (QED) is 0.683. The number of benzene rings is 1. The Morgan fingerprint density at radius 2 is 2.16 bits per heavy atom. The van der Waals surface area contributed by atoms with Crippen molar-refractivity contribution in [1.29, 1.82) is 0 Å². The van der Waals surface area contributed by atoms with Gasteiger partial charge in [0.1, 0.15) is 17.1 Å². The molecule has 2 aromatic rings. The number of nitrogens with zero attached hydrogens (tertiary/aromatic N) is 1. The molecule has 0 radical (unpaired) electrons. The van der Waals surface area contributed by atoms with Crippen LogP contribution in [0.15, 0.2) is 22.6 Å². The van der Waals surface area contributed by atoms with Gasteiger partial charge in [0.05, 0.1) is 13.2 Å². The summed E-state index contributed by atoms with van der Waals surface area (Å²) in [6, 6.07) is 4.98. The molecule has 1 N–H and O–H groups in total. The minimum Gasteiger partial charge on any atom is -0.497 e. The average Bonchev–Trinajstić information content (AvgIpc) is 2.71. The Kier molecular flexibility index (Phi) is 3.48. The summed E-state index contributed by atoms with van der Waals surface area (Å²) < 4.78 is 10.8. The van der Waals surface area contributed by atoms with Gasteiger partial charge in [0.25, 0.3) is 0 Å². The molecule has 1 atom stereocenters. The number of hydrogen-bond donors (Lipinski definition) is 1. The Hall–Kier alpha value is -2.01. The number of fused-ring (bicyclic) bond motifs is 1. The topological polar surface area (TPSA) is 62.9 Å². The largest absolute Gasteiger partial charge is 0.497 e. The molecular formula is C14H17NO4. The predicted molar refractivity (Wildman–Crippen MR) is 70.2 cm³/mol. The molecule has 0 bridgehead atoms. The Bertz CT molecular complexity index is 617. The van der Waals surface area contributed by atoms with Crippen LogP contribution in [0, 0.1) is 6.92 Å². The van der Waals surface area contributed by atoms with Gasteiger partial charge in [-0.25, -0.2) is 5.06 Å². The number of rotatable bonds is 3. The first kappa shape index (κ1) is 13.4. The van der Waals surface area contributed by atoms with Gasteiger partial charge in [-0.15, -0.1) is 0 Å². The highest BCUT2D eigenvalue weighted by Gasteiger charge is 2.23. The lowest BCUT2D eigenvalue weighted by Crippen LogP contribution is -2.28. The minimum absolute atomic E-state index is 0.413. The lowest BCUT2D eigenvalue weighted by molar-refractivity contribution is -0.172. The molecule has 0 aliphatic rings. The van der Waals surface area contributed by atoms with Gasteiger partial charge in [-0.3, -0.25) is 10.0 Å². The Labute approximate surface area is 111 Å². The molecule has 5 nitrogen and oxygen atoms in total. The Morgan fingerprint density at radius 1 is 1.47 bits per heavy atom. The average molecular weight is 263 g/mol. The number of carbonyl (C=O) groups is 1. The number of carbonyl (C=O) groups excluding carboxylic acids is 1. The second kappa shape index (κ2) is 4.93. The van der Waals surface area contributed by atoms with E-state index in [0.717, 1.165) is 10.9 Å². The maximum absolute atomic E-state index is 11.3. The first-order chi connectivity index (χ1) is 8.95. The van der Waals surface area contributed by atoms with Crippen LogP contribution in [0.5, 0.6) is 5.75 Å². The molecule has 0 aliphatic heterocycles. The molecule has 0 unspecified atom stereocenters. The first-order valence-electron chi connectivity index (χ1n) is 6.01. The van der Waals surface area contributed by atoms with Crippen molar-refractivity contribution in [2.24, 2.45) is 0 Å². The van der Waals surface area contributed by atoms with E-state index in [0.29, 0.717) is 22.2 Å². The van der Waals surface area contributed by atoms with E-state index in [2.05, 4.69) is 0 Å². The van der Waals surface area contributed by atoms with Crippen molar-refractivity contribution < 1.29 is 19.2 Å². The van der Waals surface area contributed by atoms with Crippen molar-refractivity contribution in [2.45, 2.75) is 26.8 Å². The summed E-state index contributed by atoms with van der Waals surface area (Å²) in [6.45, 7) is 4.87. The molecule has 0 saturated heterocycles. The van der Waals surface area contributed by atoms with Crippen LogP contribution in [0.4, 0.5) is 0 Å². The van der Waals surface area contributed by atoms with Crippen LogP contribution in [0.2, 0.25) is 0 Å². The normalized spacial score (nSPS) is 12.5. The summed E-state index contributed by atoms with van der Waals surface area (Å²) in [5, 5.41) is 11.3. The molecule has 1 aromatic heterocycles. The summed E-state index contributed by atoms with van der Waals surface area (Å²) in [6.07, 6.45) is 0. The third-order valence-corrected chi connectivity index (χ3v) is 3.23. The summed E-state index contributed by atoms with van der Waals surface area (Å²) in [4.78, 5) is 11.3. The fourth-order valence-corrected chi connectivity index (χ4v) is 2.26. The van der Waals surface area contributed by atoms with Gasteiger partial charge < -0.3 is 9.15 Å². The molecule has 19 heavy (non-hydrogen) atoms. The van der Waals surface area contributed by atoms with Gasteiger partial charge in [0, 0.05) is 17.9 Å². The van der Waals surface area contributed by atoms with E-state index in [-0.39, 0.29) is 0 Å². The maximum atomic E-state index is 11.3. The van der Waals surface area contributed by atoms with Crippen molar-refractivity contribution in [3.05, 3.63) is 29.5 Å². The highest BCUT2D eigenvalue weighted by Crippen LogP contribution is 2.34. The van der Waals surface area contributed by atoms with Gasteiger partial charge in [-0.05, 0) is 32.0 Å². The van der Waals surface area contributed by atoms with E-state index < -0.39 is 11.9 Å². The maximum Gasteiger partial charge on any atom is 0.243 e. The zero-order valence-electron chi connectivity index (χ0n) is 11.4. The fraction of sp³-hybridized carbons (Fsp3) is 0.357. The Balaban J connectivity index is 2.58. The highest BCUT2D eigenvalue weighted by molar-refractivity contribution is 5.85. The second-order valence-electron chi connectivity index (χ2n) is 4.47. The number of aryl methyl sites for hydroxylation is 1. The Morgan fingerprint density at radius 3 is 2.74 bits per heavy atom. The van der Waals surface area contributed by atoms with Crippen LogP contribution >= 0.6 is 0 Å². The van der Waals surface area contributed by atoms with Crippen LogP contribution in [-0.4, -0.2) is 23.3 Å². The lowest BCUT2D eigenvalue weighted by Gasteiger charge is -2.21. The third-order valence-electron chi connectivity index (χ3n) is 3.23. The summed E-state index contributed by atoms with van der Waals surface area (Å²) in [7, 11) is 1.59. The van der Waals surface area contributed by atoms with E-state index >= 15 is 0 Å². The van der Waals surface area contributed by atoms with E-state index in [1.54, 1.807) is 20.1 Å². The molecule has 0 fully saturated rings. The molecule has 0 aliphatic carbocycles. The van der Waals surface area contributed by atoms with Crippen LogP contribution < -0.4 is 4.74 Å². The van der Waals surface area contributed by atoms with Crippen LogP contribution in [0.3, 0.4) is 0 Å². The van der Waals surface area contributed by atoms with Gasteiger partial charge in [0.2, 0.25) is 5.91 Å². The molecule has 5 heteroatoms. The van der Waals surface area contributed by atoms with Crippen molar-refractivity contribution in [2.75, 3.05) is 7.11 Å². The van der Waals surface area contributed by atoms with Crippen molar-refractivity contribution in [3.8, 4) is 5.75 Å². The van der Waals surface area contributed by atoms with Gasteiger partial charge in [0.15, 0.2) is 0 Å². The second-order valence-corrected chi connectivity index (χ2v) is 4.47. The first-order valence-corrected chi connectivity index (χ1v) is 6.01. The van der Waals surface area contributed by atoms with Crippen LogP contribution in [-0.2, 0) is 4.79 Å². The highest BCUT2D eigenvalue weighted by atomic mass is 16.5. The summed E-state index contributed by atoms with van der Waals surface area (Å²) in [5.74, 6) is 0.967. The minimum atomic E-state index is -0.481. The summed E-state index contributed by atoms with van der Waals surface area (Å²) in [5.41, 5.74) is 1.49. The molecule has 1 amide bonds. The number of amides is 1. The molecular weight excluding hydrogens is 246 g/mol. The van der Waals surface area contributed by atoms with E-state index in [1.807, 2.05) is 19.1 Å². The van der Waals surface area contributed by atoms with Crippen LogP contribution in [0.1, 0.15) is 31.2 Å². The number of ether oxygens (including phenoxy) is 1. The van der Waals surface area contributed by atoms with E-state index in [4.69, 9.17) is 9.15 Å². The van der Waals surface area contributed by atoms with E-state index in [1.165, 1.54) is 6.92 Å². The predicted octanol–water partition coefficient (Wildman–Crippen LogP) is 3.05. The SMILES string of the molecule is COc1ccc2oc(C)c([C@@H](C)N(O)C(C)=O)c2c1. The van der Waals surface area contributed by atoms with Crippen molar-refractivity contribution >= 4 is 16.9 Å². The molecule has 2 rings (SSSR count). The van der Waals surface area contributed by atoms with Gasteiger partial charge in [-0.1, -0.05) is 0 Å². The molecule has 1 aromatic carbocycles. The molecule has 0 spiro atoms. The zero-order valence-corrected chi connectivity index (χ0v) is 11.4. The van der Waals surface area contributed by atoms with Crippen LogP contribution in [0.25, 0.3) is 11.0 Å². The molecule has 0 saturated carbocycles. The zero-order chi connectivity index (χ0) is 14.2. The fourth-order valence-electron chi connectivity index (χ4n) is 2.26. The number of hydroxylamine groups is 2. The number of furan rings is 1.